The Labute approximate surface area is 171 Å². The largest absolute Gasteiger partial charge is 0.416 e. The molecule has 0 N–H and O–H groups in total. The molecule has 4 rings (SSSR count). The van der Waals surface area contributed by atoms with Crippen molar-refractivity contribution < 1.29 is 27.6 Å². The van der Waals surface area contributed by atoms with Gasteiger partial charge < -0.3 is 4.90 Å². The second-order valence-corrected chi connectivity index (χ2v) is 7.67. The van der Waals surface area contributed by atoms with Gasteiger partial charge in [0.25, 0.3) is 17.7 Å². The zero-order chi connectivity index (χ0) is 21.8. The number of fused-ring (bicyclic) bond motifs is 1. The fraction of sp³-hybridized carbons (Fsp3) is 0.318. The SMILES string of the molecule is C[C@@H](c1cccc(C(F)(F)F)c1)N(C(=O)c1ccc2c(c1)C(=O)N(C)C2=O)C1CC1. The molecule has 0 spiro atoms. The summed E-state index contributed by atoms with van der Waals surface area (Å²) in [4.78, 5) is 40.2. The molecular formula is C22H19F3N2O3. The summed E-state index contributed by atoms with van der Waals surface area (Å²) >= 11 is 0. The van der Waals surface area contributed by atoms with Gasteiger partial charge in [-0.05, 0) is 55.7 Å². The number of carbonyl (C=O) groups excluding carboxylic acids is 3. The van der Waals surface area contributed by atoms with E-state index in [1.54, 1.807) is 17.9 Å². The molecule has 156 valence electrons. The van der Waals surface area contributed by atoms with Crippen LogP contribution in [0.25, 0.3) is 0 Å². The first-order valence-electron chi connectivity index (χ1n) is 9.56. The number of hydrogen-bond acceptors (Lipinski definition) is 3. The van der Waals surface area contributed by atoms with E-state index in [0.717, 1.165) is 29.9 Å². The van der Waals surface area contributed by atoms with Crippen molar-refractivity contribution in [2.45, 2.75) is 38.0 Å². The quantitative estimate of drug-likeness (QED) is 0.699. The molecule has 1 atom stereocenters. The second kappa shape index (κ2) is 6.97. The van der Waals surface area contributed by atoms with Crippen LogP contribution >= 0.6 is 0 Å². The maximum absolute atomic E-state index is 13.3. The van der Waals surface area contributed by atoms with Crippen molar-refractivity contribution in [1.82, 2.24) is 9.80 Å². The first-order valence-corrected chi connectivity index (χ1v) is 9.56. The van der Waals surface area contributed by atoms with Crippen molar-refractivity contribution in [2.24, 2.45) is 0 Å². The lowest BCUT2D eigenvalue weighted by molar-refractivity contribution is -0.137. The Morgan fingerprint density at radius 2 is 1.73 bits per heavy atom. The second-order valence-electron chi connectivity index (χ2n) is 7.67. The highest BCUT2D eigenvalue weighted by molar-refractivity contribution is 6.21. The molecule has 1 fully saturated rings. The monoisotopic (exact) mass is 416 g/mol. The summed E-state index contributed by atoms with van der Waals surface area (Å²) in [5, 5.41) is 0. The predicted molar refractivity (Wildman–Crippen MR) is 102 cm³/mol. The molecule has 0 aromatic heterocycles. The van der Waals surface area contributed by atoms with E-state index in [0.29, 0.717) is 5.56 Å². The van der Waals surface area contributed by atoms with Gasteiger partial charge in [-0.15, -0.1) is 0 Å². The molecule has 1 aliphatic carbocycles. The maximum Gasteiger partial charge on any atom is 0.416 e. The fourth-order valence-electron chi connectivity index (χ4n) is 3.79. The van der Waals surface area contributed by atoms with E-state index in [1.165, 1.54) is 31.3 Å². The Morgan fingerprint density at radius 1 is 1.07 bits per heavy atom. The lowest BCUT2D eigenvalue weighted by Gasteiger charge is -2.30. The number of alkyl halides is 3. The molecule has 0 radical (unpaired) electrons. The van der Waals surface area contributed by atoms with Crippen LogP contribution in [0.3, 0.4) is 0 Å². The number of nitrogens with zero attached hydrogens (tertiary/aromatic N) is 2. The Hall–Kier alpha value is -3.16. The molecule has 1 aliphatic heterocycles. The van der Waals surface area contributed by atoms with Gasteiger partial charge in [0.05, 0.1) is 22.7 Å². The normalized spacial score (nSPS) is 17.2. The van der Waals surface area contributed by atoms with Gasteiger partial charge in [-0.1, -0.05) is 12.1 Å². The summed E-state index contributed by atoms with van der Waals surface area (Å²) in [6.07, 6.45) is -2.94. The van der Waals surface area contributed by atoms with E-state index in [9.17, 15) is 27.6 Å². The van der Waals surface area contributed by atoms with Gasteiger partial charge in [-0.25, -0.2) is 0 Å². The molecule has 8 heteroatoms. The van der Waals surface area contributed by atoms with E-state index in [-0.39, 0.29) is 28.6 Å². The van der Waals surface area contributed by atoms with Crippen LogP contribution in [0.4, 0.5) is 13.2 Å². The summed E-state index contributed by atoms with van der Waals surface area (Å²) in [7, 11) is 1.37. The van der Waals surface area contributed by atoms with Gasteiger partial charge in [0, 0.05) is 18.7 Å². The van der Waals surface area contributed by atoms with Crippen LogP contribution < -0.4 is 0 Å². The molecule has 5 nitrogen and oxygen atoms in total. The number of hydrogen-bond donors (Lipinski definition) is 0. The Morgan fingerprint density at radius 3 is 2.37 bits per heavy atom. The Balaban J connectivity index is 1.67. The number of rotatable bonds is 4. The van der Waals surface area contributed by atoms with Crippen LogP contribution in [0, 0.1) is 0 Å². The van der Waals surface area contributed by atoms with E-state index in [1.807, 2.05) is 0 Å². The maximum atomic E-state index is 13.3. The van der Waals surface area contributed by atoms with E-state index >= 15 is 0 Å². The number of imide groups is 1. The zero-order valence-corrected chi connectivity index (χ0v) is 16.4. The van der Waals surface area contributed by atoms with Gasteiger partial charge in [-0.3, -0.25) is 19.3 Å². The van der Waals surface area contributed by atoms with Gasteiger partial charge in [0.15, 0.2) is 0 Å². The molecule has 2 aliphatic rings. The zero-order valence-electron chi connectivity index (χ0n) is 16.4. The van der Waals surface area contributed by atoms with Crippen molar-refractivity contribution in [3.05, 3.63) is 70.3 Å². The molecule has 0 bridgehead atoms. The molecule has 3 amide bonds. The molecular weight excluding hydrogens is 397 g/mol. The number of carbonyl (C=O) groups is 3. The predicted octanol–water partition coefficient (Wildman–Crippen LogP) is 4.30. The standard InChI is InChI=1S/C22H19F3N2O3/c1-12(13-4-3-5-15(10-13)22(23,24)25)27(16-7-8-16)19(28)14-6-9-17-18(11-14)21(30)26(2)20(17)29/h3-6,9-12,16H,7-8H2,1-2H3/t12-/m0/s1. The first-order chi connectivity index (χ1) is 14.1. The van der Waals surface area contributed by atoms with Crippen LogP contribution in [0.15, 0.2) is 42.5 Å². The lowest BCUT2D eigenvalue weighted by atomic mass is 10.0. The van der Waals surface area contributed by atoms with Crippen molar-refractivity contribution in [3.63, 3.8) is 0 Å². The first kappa shape index (κ1) is 20.1. The highest BCUT2D eigenvalue weighted by Gasteiger charge is 2.39. The van der Waals surface area contributed by atoms with Crippen LogP contribution in [0.2, 0.25) is 0 Å². The summed E-state index contributed by atoms with van der Waals surface area (Å²) in [5.41, 5.74) is 0.256. The Bertz CT molecular complexity index is 1060. The third kappa shape index (κ3) is 3.36. The highest BCUT2D eigenvalue weighted by atomic mass is 19.4. The molecule has 2 aromatic carbocycles. The minimum absolute atomic E-state index is 0.0738. The summed E-state index contributed by atoms with van der Waals surface area (Å²) in [6.45, 7) is 1.70. The Kier molecular flexibility index (Phi) is 4.67. The molecule has 30 heavy (non-hydrogen) atoms. The third-order valence-electron chi connectivity index (χ3n) is 5.62. The van der Waals surface area contributed by atoms with Crippen molar-refractivity contribution >= 4 is 17.7 Å². The lowest BCUT2D eigenvalue weighted by Crippen LogP contribution is -2.35. The minimum atomic E-state index is -4.47. The average Bonchev–Trinajstić information content (AvgIpc) is 3.53. The van der Waals surface area contributed by atoms with Crippen LogP contribution in [0.5, 0.6) is 0 Å². The van der Waals surface area contributed by atoms with Crippen molar-refractivity contribution in [1.29, 1.82) is 0 Å². The van der Waals surface area contributed by atoms with E-state index in [2.05, 4.69) is 0 Å². The average molecular weight is 416 g/mol. The van der Waals surface area contributed by atoms with Gasteiger partial charge in [-0.2, -0.15) is 13.2 Å². The fourth-order valence-corrected chi connectivity index (χ4v) is 3.79. The molecule has 0 saturated heterocycles. The van der Waals surface area contributed by atoms with Crippen molar-refractivity contribution in [3.8, 4) is 0 Å². The summed E-state index contributed by atoms with van der Waals surface area (Å²) < 4.78 is 39.3. The number of halogens is 3. The third-order valence-corrected chi connectivity index (χ3v) is 5.62. The van der Waals surface area contributed by atoms with Gasteiger partial charge in [0.1, 0.15) is 0 Å². The molecule has 2 aromatic rings. The van der Waals surface area contributed by atoms with E-state index in [4.69, 9.17) is 0 Å². The molecule has 1 heterocycles. The van der Waals surface area contributed by atoms with Crippen molar-refractivity contribution in [2.75, 3.05) is 7.05 Å². The van der Waals surface area contributed by atoms with E-state index < -0.39 is 29.6 Å². The number of benzene rings is 2. The van der Waals surface area contributed by atoms with Crippen LogP contribution in [0.1, 0.15) is 68.0 Å². The highest BCUT2D eigenvalue weighted by Crippen LogP contribution is 2.38. The smallest absolute Gasteiger partial charge is 0.329 e. The number of amides is 3. The summed E-state index contributed by atoms with van der Waals surface area (Å²) in [5.74, 6) is -1.28. The van der Waals surface area contributed by atoms with Crippen LogP contribution in [-0.2, 0) is 6.18 Å². The molecule has 0 unspecified atom stereocenters. The van der Waals surface area contributed by atoms with Crippen LogP contribution in [-0.4, -0.2) is 40.6 Å². The summed E-state index contributed by atoms with van der Waals surface area (Å²) in [6, 6.07) is 8.65. The topological polar surface area (TPSA) is 57.7 Å². The van der Waals surface area contributed by atoms with Gasteiger partial charge >= 0.3 is 6.18 Å². The molecule has 1 saturated carbocycles. The van der Waals surface area contributed by atoms with Gasteiger partial charge in [0.2, 0.25) is 0 Å². The minimum Gasteiger partial charge on any atom is -0.329 e.